The predicted molar refractivity (Wildman–Crippen MR) is 67.5 cm³/mol. The SMILES string of the molecule is CCCCc1nnc(NC(=O)c2cn(C)nn2)s1. The highest BCUT2D eigenvalue weighted by molar-refractivity contribution is 7.15. The molecule has 0 unspecified atom stereocenters. The summed E-state index contributed by atoms with van der Waals surface area (Å²) in [4.78, 5) is 11.8. The number of rotatable bonds is 5. The van der Waals surface area contributed by atoms with Gasteiger partial charge in [-0.05, 0) is 6.42 Å². The Morgan fingerprint density at radius 1 is 1.44 bits per heavy atom. The Balaban J connectivity index is 1.97. The number of aromatic nitrogens is 5. The molecule has 0 saturated carbocycles. The average Bonchev–Trinajstić information content (AvgIpc) is 2.96. The van der Waals surface area contributed by atoms with Crippen molar-refractivity contribution >= 4 is 22.4 Å². The van der Waals surface area contributed by atoms with Crippen molar-refractivity contribution in [1.29, 1.82) is 0 Å². The molecule has 0 atom stereocenters. The van der Waals surface area contributed by atoms with Crippen molar-refractivity contribution in [1.82, 2.24) is 25.2 Å². The number of aryl methyl sites for hydroxylation is 2. The molecule has 0 spiro atoms. The first kappa shape index (κ1) is 12.6. The van der Waals surface area contributed by atoms with Crippen LogP contribution in [0.15, 0.2) is 6.20 Å². The molecule has 0 radical (unpaired) electrons. The van der Waals surface area contributed by atoms with Crippen LogP contribution in [0.25, 0.3) is 0 Å². The highest BCUT2D eigenvalue weighted by Crippen LogP contribution is 2.17. The molecule has 0 aromatic carbocycles. The maximum atomic E-state index is 11.8. The number of amides is 1. The molecule has 2 aromatic rings. The number of carbonyl (C=O) groups excluding carboxylic acids is 1. The summed E-state index contributed by atoms with van der Waals surface area (Å²) in [5, 5.41) is 19.5. The van der Waals surface area contributed by atoms with Gasteiger partial charge in [0.25, 0.3) is 5.91 Å². The van der Waals surface area contributed by atoms with E-state index in [9.17, 15) is 4.79 Å². The molecule has 1 amide bonds. The summed E-state index contributed by atoms with van der Waals surface area (Å²) in [6.45, 7) is 2.12. The van der Waals surface area contributed by atoms with Gasteiger partial charge in [0.05, 0.1) is 6.20 Å². The average molecular weight is 266 g/mol. The van der Waals surface area contributed by atoms with Gasteiger partial charge in [0, 0.05) is 13.5 Å². The minimum absolute atomic E-state index is 0.266. The third-order valence-corrected chi connectivity index (χ3v) is 3.17. The zero-order chi connectivity index (χ0) is 13.0. The van der Waals surface area contributed by atoms with Crippen molar-refractivity contribution in [3.63, 3.8) is 0 Å². The zero-order valence-electron chi connectivity index (χ0n) is 10.3. The van der Waals surface area contributed by atoms with Crippen molar-refractivity contribution in [3.8, 4) is 0 Å². The van der Waals surface area contributed by atoms with Crippen molar-refractivity contribution in [3.05, 3.63) is 16.9 Å². The lowest BCUT2D eigenvalue weighted by Gasteiger charge is -1.95. The standard InChI is InChI=1S/C10H14N6OS/c1-3-4-5-8-13-14-10(18-8)11-9(17)7-6-16(2)15-12-7/h6H,3-5H2,1-2H3,(H,11,14,17). The van der Waals surface area contributed by atoms with E-state index in [0.29, 0.717) is 5.13 Å². The van der Waals surface area contributed by atoms with Crippen LogP contribution in [0, 0.1) is 0 Å². The van der Waals surface area contributed by atoms with Crippen molar-refractivity contribution < 1.29 is 4.79 Å². The van der Waals surface area contributed by atoms with Crippen LogP contribution in [0.3, 0.4) is 0 Å². The molecule has 18 heavy (non-hydrogen) atoms. The minimum Gasteiger partial charge on any atom is -0.295 e. The van der Waals surface area contributed by atoms with Gasteiger partial charge < -0.3 is 0 Å². The molecule has 2 aromatic heterocycles. The summed E-state index contributed by atoms with van der Waals surface area (Å²) < 4.78 is 1.47. The number of anilines is 1. The largest absolute Gasteiger partial charge is 0.295 e. The molecule has 0 saturated heterocycles. The lowest BCUT2D eigenvalue weighted by molar-refractivity contribution is 0.102. The van der Waals surface area contributed by atoms with E-state index in [1.54, 1.807) is 13.2 Å². The third-order valence-electron chi connectivity index (χ3n) is 2.27. The predicted octanol–water partition coefficient (Wildman–Crippen LogP) is 1.26. The second kappa shape index (κ2) is 5.67. The number of hydrogen-bond donors (Lipinski definition) is 1. The Kier molecular flexibility index (Phi) is 3.98. The van der Waals surface area contributed by atoms with Crippen molar-refractivity contribution in [2.24, 2.45) is 7.05 Å². The monoisotopic (exact) mass is 266 g/mol. The lowest BCUT2D eigenvalue weighted by Crippen LogP contribution is -2.12. The Morgan fingerprint density at radius 2 is 2.28 bits per heavy atom. The molecule has 0 aliphatic rings. The van der Waals surface area contributed by atoms with Gasteiger partial charge in [-0.3, -0.25) is 14.8 Å². The van der Waals surface area contributed by atoms with Gasteiger partial charge in [-0.25, -0.2) is 0 Å². The highest BCUT2D eigenvalue weighted by atomic mass is 32.1. The number of nitrogens with one attached hydrogen (secondary N) is 1. The lowest BCUT2D eigenvalue weighted by atomic mass is 10.3. The minimum atomic E-state index is -0.318. The maximum absolute atomic E-state index is 11.8. The number of carbonyl (C=O) groups is 1. The number of unbranched alkanes of at least 4 members (excludes halogenated alkanes) is 1. The Morgan fingerprint density at radius 3 is 2.94 bits per heavy atom. The molecule has 7 nitrogen and oxygen atoms in total. The smallest absolute Gasteiger partial charge is 0.279 e. The summed E-state index contributed by atoms with van der Waals surface area (Å²) >= 11 is 1.39. The van der Waals surface area contributed by atoms with Crippen molar-refractivity contribution in [2.75, 3.05) is 5.32 Å². The van der Waals surface area contributed by atoms with E-state index in [1.165, 1.54) is 16.0 Å². The van der Waals surface area contributed by atoms with Gasteiger partial charge in [-0.1, -0.05) is 29.9 Å². The topological polar surface area (TPSA) is 85.6 Å². The van der Waals surface area contributed by atoms with Gasteiger partial charge in [0.2, 0.25) is 5.13 Å². The maximum Gasteiger partial charge on any atom is 0.279 e. The molecule has 96 valence electrons. The fourth-order valence-corrected chi connectivity index (χ4v) is 2.12. The van der Waals surface area contributed by atoms with E-state index in [4.69, 9.17) is 0 Å². The Bertz CT molecular complexity index is 534. The van der Waals surface area contributed by atoms with E-state index in [-0.39, 0.29) is 11.6 Å². The van der Waals surface area contributed by atoms with Gasteiger partial charge in [-0.15, -0.1) is 15.3 Å². The van der Waals surface area contributed by atoms with E-state index in [2.05, 4.69) is 32.7 Å². The van der Waals surface area contributed by atoms with Crippen LogP contribution in [0.4, 0.5) is 5.13 Å². The third kappa shape index (κ3) is 3.10. The molecular formula is C10H14N6OS. The van der Waals surface area contributed by atoms with Crippen molar-refractivity contribution in [2.45, 2.75) is 26.2 Å². The summed E-state index contributed by atoms with van der Waals surface area (Å²) in [7, 11) is 1.71. The molecule has 0 bridgehead atoms. The Hall–Kier alpha value is -1.83. The summed E-state index contributed by atoms with van der Waals surface area (Å²) in [6.07, 6.45) is 4.64. The first-order valence-electron chi connectivity index (χ1n) is 5.69. The molecule has 0 aliphatic heterocycles. The quantitative estimate of drug-likeness (QED) is 0.880. The van der Waals surface area contributed by atoms with Crippen LogP contribution in [0.2, 0.25) is 0 Å². The van der Waals surface area contributed by atoms with Crippen LogP contribution in [-0.4, -0.2) is 31.1 Å². The second-order valence-corrected chi connectivity index (χ2v) is 4.90. The van der Waals surface area contributed by atoms with Crippen LogP contribution in [0.5, 0.6) is 0 Å². The summed E-state index contributed by atoms with van der Waals surface area (Å²) in [6, 6.07) is 0. The molecular weight excluding hydrogens is 252 g/mol. The highest BCUT2D eigenvalue weighted by Gasteiger charge is 2.12. The molecule has 0 aliphatic carbocycles. The van der Waals surface area contributed by atoms with Gasteiger partial charge in [-0.2, -0.15) is 0 Å². The first-order chi connectivity index (χ1) is 8.69. The van der Waals surface area contributed by atoms with Gasteiger partial charge in [0.15, 0.2) is 5.69 Å². The number of nitrogens with zero attached hydrogens (tertiary/aromatic N) is 5. The van der Waals surface area contributed by atoms with E-state index in [1.807, 2.05) is 0 Å². The van der Waals surface area contributed by atoms with E-state index < -0.39 is 0 Å². The normalized spacial score (nSPS) is 10.6. The summed E-state index contributed by atoms with van der Waals surface area (Å²) in [5.41, 5.74) is 0.266. The zero-order valence-corrected chi connectivity index (χ0v) is 11.1. The van der Waals surface area contributed by atoms with Crippen LogP contribution in [-0.2, 0) is 13.5 Å². The van der Waals surface area contributed by atoms with Crippen LogP contribution in [0.1, 0.15) is 35.3 Å². The van der Waals surface area contributed by atoms with Gasteiger partial charge >= 0.3 is 0 Å². The fourth-order valence-electron chi connectivity index (χ4n) is 1.35. The van der Waals surface area contributed by atoms with Crippen LogP contribution < -0.4 is 5.32 Å². The van der Waals surface area contributed by atoms with E-state index >= 15 is 0 Å². The van der Waals surface area contributed by atoms with Gasteiger partial charge in [0.1, 0.15) is 5.01 Å². The van der Waals surface area contributed by atoms with Crippen LogP contribution >= 0.6 is 11.3 Å². The second-order valence-electron chi connectivity index (χ2n) is 3.84. The molecule has 2 heterocycles. The Labute approximate surface area is 108 Å². The molecule has 0 fully saturated rings. The first-order valence-corrected chi connectivity index (χ1v) is 6.50. The summed E-state index contributed by atoms with van der Waals surface area (Å²) in [5.74, 6) is -0.318. The molecule has 1 N–H and O–H groups in total. The molecule has 8 heteroatoms. The molecule has 2 rings (SSSR count). The van der Waals surface area contributed by atoms with E-state index in [0.717, 1.165) is 24.3 Å². The fraction of sp³-hybridized carbons (Fsp3) is 0.500. The number of hydrogen-bond acceptors (Lipinski definition) is 6.